The highest BCUT2D eigenvalue weighted by Crippen LogP contribution is 2.30. The summed E-state index contributed by atoms with van der Waals surface area (Å²) in [5, 5.41) is 1.91. The fourth-order valence-corrected chi connectivity index (χ4v) is 2.54. The van der Waals surface area contributed by atoms with Crippen LogP contribution in [0.5, 0.6) is 0 Å². The molecule has 0 bridgehead atoms. The molecule has 13 heavy (non-hydrogen) atoms. The first-order chi connectivity index (χ1) is 6.22. The number of thiophene rings is 1. The van der Waals surface area contributed by atoms with E-state index in [2.05, 4.69) is 15.9 Å². The molecule has 0 amide bonds. The minimum absolute atomic E-state index is 0.274. The second-order valence-electron chi connectivity index (χ2n) is 2.57. The number of halogens is 2. The van der Waals surface area contributed by atoms with E-state index in [0.717, 1.165) is 10.8 Å². The molecule has 4 heteroatoms. The quantitative estimate of drug-likeness (QED) is 0.715. The lowest BCUT2D eigenvalue weighted by atomic mass is 10.2. The van der Waals surface area contributed by atoms with Crippen molar-refractivity contribution in [2.24, 2.45) is 0 Å². The van der Waals surface area contributed by atoms with E-state index in [4.69, 9.17) is 0 Å². The summed E-state index contributed by atoms with van der Waals surface area (Å²) in [6.07, 6.45) is 0.739. The maximum atomic E-state index is 13.1. The van der Waals surface area contributed by atoms with E-state index in [1.54, 1.807) is 12.1 Å². The number of hydrogen-bond acceptors (Lipinski definition) is 2. The van der Waals surface area contributed by atoms with Gasteiger partial charge in [-0.2, -0.15) is 0 Å². The molecule has 1 aromatic heterocycles. The van der Waals surface area contributed by atoms with Gasteiger partial charge in [-0.3, -0.25) is 4.79 Å². The Morgan fingerprint density at radius 2 is 2.23 bits per heavy atom. The molecule has 0 spiro atoms. The van der Waals surface area contributed by atoms with Crippen LogP contribution in [-0.2, 0) is 0 Å². The van der Waals surface area contributed by atoms with Crippen LogP contribution in [0.4, 0.5) is 4.39 Å². The summed E-state index contributed by atoms with van der Waals surface area (Å²) in [4.78, 5) is 10.6. The predicted molar refractivity (Wildman–Crippen MR) is 54.9 cm³/mol. The van der Waals surface area contributed by atoms with Gasteiger partial charge in [-0.1, -0.05) is 15.9 Å². The van der Waals surface area contributed by atoms with Crippen molar-refractivity contribution in [2.45, 2.75) is 0 Å². The van der Waals surface area contributed by atoms with Gasteiger partial charge in [0.15, 0.2) is 6.29 Å². The average molecular weight is 259 g/mol. The van der Waals surface area contributed by atoms with Crippen LogP contribution in [0.2, 0.25) is 0 Å². The van der Waals surface area contributed by atoms with Crippen molar-refractivity contribution in [3.05, 3.63) is 33.4 Å². The lowest BCUT2D eigenvalue weighted by Gasteiger charge is -1.95. The Morgan fingerprint density at radius 1 is 1.46 bits per heavy atom. The zero-order chi connectivity index (χ0) is 9.42. The van der Waals surface area contributed by atoms with E-state index in [1.807, 2.05) is 0 Å². The number of carbonyl (C=O) groups excluding carboxylic acids is 1. The topological polar surface area (TPSA) is 17.1 Å². The molecule has 0 aliphatic rings. The number of aldehydes is 1. The first-order valence-corrected chi connectivity index (χ1v) is 5.21. The molecule has 2 aromatic rings. The van der Waals surface area contributed by atoms with Gasteiger partial charge in [0.25, 0.3) is 0 Å². The minimum atomic E-state index is -0.274. The van der Waals surface area contributed by atoms with E-state index in [-0.39, 0.29) is 5.82 Å². The molecular formula is C9H4BrFOS. The predicted octanol–water partition coefficient (Wildman–Crippen LogP) is 3.62. The highest BCUT2D eigenvalue weighted by Gasteiger charge is 2.08. The monoisotopic (exact) mass is 258 g/mol. The van der Waals surface area contributed by atoms with Crippen molar-refractivity contribution in [1.29, 1.82) is 0 Å². The molecular weight excluding hydrogens is 255 g/mol. The third-order valence-electron chi connectivity index (χ3n) is 1.75. The molecule has 2 rings (SSSR count). The van der Waals surface area contributed by atoms with Crippen LogP contribution in [0, 0.1) is 5.82 Å². The molecule has 0 fully saturated rings. The van der Waals surface area contributed by atoms with Gasteiger partial charge in [-0.25, -0.2) is 4.39 Å². The molecule has 0 atom stereocenters. The molecule has 0 radical (unpaired) electrons. The second kappa shape index (κ2) is 3.20. The molecule has 0 aliphatic carbocycles. The van der Waals surface area contributed by atoms with E-state index >= 15 is 0 Å². The van der Waals surface area contributed by atoms with Gasteiger partial charge in [0.2, 0.25) is 0 Å². The van der Waals surface area contributed by atoms with Crippen molar-refractivity contribution in [2.75, 3.05) is 0 Å². The van der Waals surface area contributed by atoms with Crippen molar-refractivity contribution >= 4 is 43.6 Å². The van der Waals surface area contributed by atoms with Gasteiger partial charge in [-0.05, 0) is 12.1 Å². The normalized spacial score (nSPS) is 10.6. The lowest BCUT2D eigenvalue weighted by molar-refractivity contribution is 0.112. The summed E-state index contributed by atoms with van der Waals surface area (Å²) >= 11 is 4.47. The SMILES string of the molecule is O=Cc1cc(Br)cc2c(F)csc12. The highest BCUT2D eigenvalue weighted by molar-refractivity contribution is 9.10. The molecule has 0 saturated heterocycles. The number of rotatable bonds is 1. The Morgan fingerprint density at radius 3 is 2.92 bits per heavy atom. The van der Waals surface area contributed by atoms with Crippen molar-refractivity contribution in [3.8, 4) is 0 Å². The summed E-state index contributed by atoms with van der Waals surface area (Å²) in [6.45, 7) is 0. The molecule has 0 aliphatic heterocycles. The van der Waals surface area contributed by atoms with Crippen LogP contribution in [0.1, 0.15) is 10.4 Å². The van der Waals surface area contributed by atoms with Crippen LogP contribution in [0.25, 0.3) is 10.1 Å². The minimum Gasteiger partial charge on any atom is -0.298 e. The molecule has 1 nitrogen and oxygen atoms in total. The van der Waals surface area contributed by atoms with Gasteiger partial charge >= 0.3 is 0 Å². The summed E-state index contributed by atoms with van der Waals surface area (Å²) in [7, 11) is 0. The van der Waals surface area contributed by atoms with Crippen LogP contribution in [0.15, 0.2) is 22.0 Å². The van der Waals surface area contributed by atoms with Gasteiger partial charge < -0.3 is 0 Å². The molecule has 0 saturated carbocycles. The highest BCUT2D eigenvalue weighted by atomic mass is 79.9. The maximum absolute atomic E-state index is 13.1. The summed E-state index contributed by atoms with van der Waals surface area (Å²) in [5.41, 5.74) is 0.526. The maximum Gasteiger partial charge on any atom is 0.151 e. The average Bonchev–Trinajstić information content (AvgIpc) is 2.47. The van der Waals surface area contributed by atoms with Crippen molar-refractivity contribution in [1.82, 2.24) is 0 Å². The lowest BCUT2D eigenvalue weighted by Crippen LogP contribution is -1.80. The van der Waals surface area contributed by atoms with E-state index in [0.29, 0.717) is 15.6 Å². The smallest absolute Gasteiger partial charge is 0.151 e. The van der Waals surface area contributed by atoms with Crippen LogP contribution in [0.3, 0.4) is 0 Å². The molecule has 1 heterocycles. The zero-order valence-corrected chi connectivity index (χ0v) is 8.78. The molecule has 66 valence electrons. The third-order valence-corrected chi connectivity index (χ3v) is 3.22. The fourth-order valence-electron chi connectivity index (χ4n) is 1.19. The van der Waals surface area contributed by atoms with Gasteiger partial charge in [-0.15, -0.1) is 11.3 Å². The number of fused-ring (bicyclic) bond motifs is 1. The van der Waals surface area contributed by atoms with E-state index < -0.39 is 0 Å². The Kier molecular flexibility index (Phi) is 2.17. The van der Waals surface area contributed by atoms with Gasteiger partial charge in [0.1, 0.15) is 5.82 Å². The number of hydrogen-bond donors (Lipinski definition) is 0. The first kappa shape index (κ1) is 8.84. The van der Waals surface area contributed by atoms with Gasteiger partial charge in [0.05, 0.1) is 0 Å². The summed E-state index contributed by atoms with van der Waals surface area (Å²) in [5.74, 6) is -0.274. The Hall–Kier alpha value is -0.740. The first-order valence-electron chi connectivity index (χ1n) is 3.54. The van der Waals surface area contributed by atoms with Gasteiger partial charge in [0, 0.05) is 25.5 Å². The van der Waals surface area contributed by atoms with Crippen molar-refractivity contribution < 1.29 is 9.18 Å². The van der Waals surface area contributed by atoms with Crippen LogP contribution in [-0.4, -0.2) is 6.29 Å². The molecule has 0 N–H and O–H groups in total. The van der Waals surface area contributed by atoms with Crippen molar-refractivity contribution in [3.63, 3.8) is 0 Å². The molecule has 1 aromatic carbocycles. The Bertz CT molecular complexity index is 478. The van der Waals surface area contributed by atoms with Crippen LogP contribution >= 0.6 is 27.3 Å². The zero-order valence-electron chi connectivity index (χ0n) is 6.38. The second-order valence-corrected chi connectivity index (χ2v) is 4.37. The summed E-state index contributed by atoms with van der Waals surface area (Å²) in [6, 6.07) is 3.36. The Labute approximate surface area is 86.3 Å². The summed E-state index contributed by atoms with van der Waals surface area (Å²) < 4.78 is 14.5. The fraction of sp³-hybridized carbons (Fsp3) is 0. The standard InChI is InChI=1S/C9H4BrFOS/c10-6-1-5(3-12)9-7(2-6)8(11)4-13-9/h1-4H. The van der Waals surface area contributed by atoms with E-state index in [9.17, 15) is 9.18 Å². The third kappa shape index (κ3) is 1.40. The number of benzene rings is 1. The largest absolute Gasteiger partial charge is 0.298 e. The molecule has 0 unspecified atom stereocenters. The number of carbonyl (C=O) groups is 1. The van der Waals surface area contributed by atoms with Crippen LogP contribution < -0.4 is 0 Å². The van der Waals surface area contributed by atoms with E-state index in [1.165, 1.54) is 16.7 Å². The Balaban J connectivity index is 2.91.